The van der Waals surface area contributed by atoms with E-state index in [1.807, 2.05) is 35.7 Å². The van der Waals surface area contributed by atoms with Crippen molar-refractivity contribution >= 4 is 45.1 Å². The van der Waals surface area contributed by atoms with Crippen LogP contribution in [0.5, 0.6) is 0 Å². The number of amides is 1. The smallest absolute Gasteiger partial charge is 0.293 e. The molecule has 0 bridgehead atoms. The minimum Gasteiger partial charge on any atom is -0.463 e. The van der Waals surface area contributed by atoms with E-state index in [1.54, 1.807) is 30.8 Å². The molecule has 0 aliphatic heterocycles. The van der Waals surface area contributed by atoms with Crippen molar-refractivity contribution in [1.29, 1.82) is 0 Å². The molecule has 0 saturated carbocycles. The van der Waals surface area contributed by atoms with E-state index in [2.05, 4.69) is 20.3 Å². The van der Waals surface area contributed by atoms with Crippen LogP contribution in [0.25, 0.3) is 22.4 Å². The molecular weight excluding hydrogens is 420 g/mol. The molecular formula is C21H14N4O3S2. The minimum absolute atomic E-state index is 0.259. The normalized spacial score (nSPS) is 11.1. The Morgan fingerprint density at radius 3 is 2.80 bits per heavy atom. The Balaban J connectivity index is 1.42. The van der Waals surface area contributed by atoms with E-state index < -0.39 is 0 Å². The van der Waals surface area contributed by atoms with Crippen LogP contribution >= 0.6 is 23.1 Å². The summed E-state index contributed by atoms with van der Waals surface area (Å²) in [4.78, 5) is 25.9. The van der Waals surface area contributed by atoms with Crippen LogP contribution in [0.3, 0.4) is 0 Å². The number of anilines is 1. The molecule has 5 aromatic rings. The predicted octanol–water partition coefficient (Wildman–Crippen LogP) is 5.48. The quantitative estimate of drug-likeness (QED) is 0.279. The molecule has 30 heavy (non-hydrogen) atoms. The molecule has 5 rings (SSSR count). The SMILES string of the molecule is O=C(Nc1nc(-c2ccco2)cs1)c1oc2ccccc2c1CSc1ncccn1. The van der Waals surface area contributed by atoms with Crippen LogP contribution in [0.15, 0.2) is 80.5 Å². The summed E-state index contributed by atoms with van der Waals surface area (Å²) in [5.41, 5.74) is 2.12. The minimum atomic E-state index is -0.351. The summed E-state index contributed by atoms with van der Waals surface area (Å²) in [7, 11) is 0. The van der Waals surface area contributed by atoms with Crippen LogP contribution in [0.1, 0.15) is 16.1 Å². The Morgan fingerprint density at radius 2 is 1.97 bits per heavy atom. The van der Waals surface area contributed by atoms with Gasteiger partial charge in [0.2, 0.25) is 0 Å². The molecule has 0 fully saturated rings. The summed E-state index contributed by atoms with van der Waals surface area (Å²) in [6.07, 6.45) is 4.97. The van der Waals surface area contributed by atoms with Gasteiger partial charge < -0.3 is 8.83 Å². The summed E-state index contributed by atoms with van der Waals surface area (Å²) in [6, 6.07) is 13.0. The van der Waals surface area contributed by atoms with Crippen LogP contribution in [-0.2, 0) is 5.75 Å². The first-order valence-corrected chi connectivity index (χ1v) is 10.9. The number of rotatable bonds is 6. The van der Waals surface area contributed by atoms with Gasteiger partial charge in [-0.15, -0.1) is 11.3 Å². The fourth-order valence-corrected chi connectivity index (χ4v) is 4.47. The van der Waals surface area contributed by atoms with Crippen molar-refractivity contribution in [1.82, 2.24) is 15.0 Å². The van der Waals surface area contributed by atoms with Crippen LogP contribution in [0.2, 0.25) is 0 Å². The maximum absolute atomic E-state index is 13.0. The zero-order chi connectivity index (χ0) is 20.3. The number of carbonyl (C=O) groups is 1. The van der Waals surface area contributed by atoms with E-state index >= 15 is 0 Å². The number of nitrogens with one attached hydrogen (secondary N) is 1. The summed E-state index contributed by atoms with van der Waals surface area (Å²) in [6.45, 7) is 0. The maximum Gasteiger partial charge on any atom is 0.293 e. The van der Waals surface area contributed by atoms with Crippen LogP contribution in [-0.4, -0.2) is 20.9 Å². The van der Waals surface area contributed by atoms with Gasteiger partial charge in [0.1, 0.15) is 11.3 Å². The van der Waals surface area contributed by atoms with E-state index in [0.29, 0.717) is 33.1 Å². The lowest BCUT2D eigenvalue weighted by Gasteiger charge is -2.03. The lowest BCUT2D eigenvalue weighted by molar-refractivity contribution is 0.0998. The van der Waals surface area contributed by atoms with Gasteiger partial charge in [-0.1, -0.05) is 30.0 Å². The van der Waals surface area contributed by atoms with Gasteiger partial charge in [0, 0.05) is 34.5 Å². The molecule has 0 unspecified atom stereocenters. The summed E-state index contributed by atoms with van der Waals surface area (Å²) < 4.78 is 11.2. The lowest BCUT2D eigenvalue weighted by atomic mass is 10.1. The zero-order valence-electron chi connectivity index (χ0n) is 15.4. The highest BCUT2D eigenvalue weighted by molar-refractivity contribution is 7.98. The maximum atomic E-state index is 13.0. The van der Waals surface area contributed by atoms with Crippen molar-refractivity contribution in [3.8, 4) is 11.5 Å². The first-order chi connectivity index (χ1) is 14.8. The number of hydrogen-bond acceptors (Lipinski definition) is 8. The summed E-state index contributed by atoms with van der Waals surface area (Å²) in [5, 5.41) is 6.66. The molecule has 0 saturated heterocycles. The molecule has 0 aliphatic carbocycles. The number of aromatic nitrogens is 3. The number of carbonyl (C=O) groups excluding carboxylic acids is 1. The Bertz CT molecular complexity index is 1300. The molecule has 7 nitrogen and oxygen atoms in total. The second-order valence-corrected chi connectivity index (χ2v) is 8.00. The average Bonchev–Trinajstić information content (AvgIpc) is 3.52. The fourth-order valence-electron chi connectivity index (χ4n) is 2.94. The molecule has 4 aromatic heterocycles. The second-order valence-electron chi connectivity index (χ2n) is 6.20. The molecule has 0 spiro atoms. The van der Waals surface area contributed by atoms with Crippen molar-refractivity contribution in [3.63, 3.8) is 0 Å². The van der Waals surface area contributed by atoms with Gasteiger partial charge in [0.05, 0.1) is 6.26 Å². The Hall–Kier alpha value is -3.43. The van der Waals surface area contributed by atoms with Crippen molar-refractivity contribution in [2.75, 3.05) is 5.32 Å². The largest absolute Gasteiger partial charge is 0.463 e. The fraction of sp³-hybridized carbons (Fsp3) is 0.0476. The first kappa shape index (κ1) is 18.6. The third-order valence-corrected chi connectivity index (χ3v) is 5.95. The third-order valence-electron chi connectivity index (χ3n) is 4.29. The Kier molecular flexibility index (Phi) is 5.04. The van der Waals surface area contributed by atoms with Crippen molar-refractivity contribution in [2.24, 2.45) is 0 Å². The highest BCUT2D eigenvalue weighted by Crippen LogP contribution is 2.32. The van der Waals surface area contributed by atoms with Crippen LogP contribution < -0.4 is 5.32 Å². The Labute approximate surface area is 179 Å². The standard InChI is InChI=1S/C21H14N4O3S2/c26-19(25-21-24-15(12-30-21)17-7-3-10-27-17)18-14(11-29-20-22-8-4-9-23-20)13-5-1-2-6-16(13)28-18/h1-10,12H,11H2,(H,24,25,26). The summed E-state index contributed by atoms with van der Waals surface area (Å²) >= 11 is 2.77. The lowest BCUT2D eigenvalue weighted by Crippen LogP contribution is -2.12. The van der Waals surface area contributed by atoms with Crippen LogP contribution in [0, 0.1) is 0 Å². The van der Waals surface area contributed by atoms with Gasteiger partial charge in [-0.3, -0.25) is 10.1 Å². The zero-order valence-corrected chi connectivity index (χ0v) is 17.1. The number of benzene rings is 1. The predicted molar refractivity (Wildman–Crippen MR) is 116 cm³/mol. The number of nitrogens with zero attached hydrogens (tertiary/aromatic N) is 3. The molecule has 9 heteroatoms. The van der Waals surface area contributed by atoms with Gasteiger partial charge in [-0.2, -0.15) is 0 Å². The molecule has 0 aliphatic rings. The summed E-state index contributed by atoms with van der Waals surface area (Å²) in [5.74, 6) is 1.06. The van der Waals surface area contributed by atoms with Gasteiger partial charge in [0.25, 0.3) is 5.91 Å². The monoisotopic (exact) mass is 434 g/mol. The van der Waals surface area contributed by atoms with Gasteiger partial charge in [-0.25, -0.2) is 15.0 Å². The molecule has 1 N–H and O–H groups in total. The van der Waals surface area contributed by atoms with Gasteiger partial charge in [0.15, 0.2) is 21.8 Å². The van der Waals surface area contributed by atoms with Gasteiger partial charge in [-0.05, 0) is 24.3 Å². The highest BCUT2D eigenvalue weighted by Gasteiger charge is 2.22. The number of furan rings is 2. The van der Waals surface area contributed by atoms with E-state index in [1.165, 1.54) is 23.1 Å². The van der Waals surface area contributed by atoms with E-state index in [-0.39, 0.29) is 11.7 Å². The number of para-hydroxylation sites is 1. The second kappa shape index (κ2) is 8.13. The molecule has 0 radical (unpaired) electrons. The van der Waals surface area contributed by atoms with E-state index in [9.17, 15) is 4.79 Å². The van der Waals surface area contributed by atoms with Crippen molar-refractivity contribution < 1.29 is 13.6 Å². The van der Waals surface area contributed by atoms with E-state index in [4.69, 9.17) is 8.83 Å². The first-order valence-electron chi connectivity index (χ1n) is 8.99. The topological polar surface area (TPSA) is 94.1 Å². The van der Waals surface area contributed by atoms with Crippen molar-refractivity contribution in [2.45, 2.75) is 10.9 Å². The molecule has 1 aromatic carbocycles. The molecule has 148 valence electrons. The van der Waals surface area contributed by atoms with Gasteiger partial charge >= 0.3 is 0 Å². The highest BCUT2D eigenvalue weighted by atomic mass is 32.2. The molecule has 4 heterocycles. The number of thioether (sulfide) groups is 1. The van der Waals surface area contributed by atoms with Crippen molar-refractivity contribution in [3.05, 3.63) is 77.8 Å². The molecule has 1 amide bonds. The number of thiazole rings is 1. The third kappa shape index (κ3) is 3.72. The average molecular weight is 435 g/mol. The number of hydrogen-bond donors (Lipinski definition) is 1. The number of fused-ring (bicyclic) bond motifs is 1. The van der Waals surface area contributed by atoms with E-state index in [0.717, 1.165) is 10.9 Å². The molecule has 0 atom stereocenters. The Morgan fingerprint density at radius 1 is 1.10 bits per heavy atom. The van der Waals surface area contributed by atoms with Crippen LogP contribution in [0.4, 0.5) is 5.13 Å².